The average molecular weight is 444 g/mol. The van der Waals surface area contributed by atoms with E-state index in [2.05, 4.69) is 0 Å². The summed E-state index contributed by atoms with van der Waals surface area (Å²) in [5, 5.41) is 10.4. The van der Waals surface area contributed by atoms with E-state index in [1.54, 1.807) is 25.1 Å². The Morgan fingerprint density at radius 2 is 1.62 bits per heavy atom. The highest BCUT2D eigenvalue weighted by Crippen LogP contribution is 2.33. The minimum atomic E-state index is -0.883. The molecule has 0 unspecified atom stereocenters. The molecule has 0 saturated carbocycles. The lowest BCUT2D eigenvalue weighted by molar-refractivity contribution is -0.137. The molecule has 0 radical (unpaired) electrons. The maximum Gasteiger partial charge on any atom is 0.379 e. The Balaban J connectivity index is 1.87. The third kappa shape index (κ3) is 6.47. The highest BCUT2D eigenvalue weighted by atomic mass is 16.5. The van der Waals surface area contributed by atoms with Gasteiger partial charge in [-0.05, 0) is 49.7 Å². The van der Waals surface area contributed by atoms with E-state index in [0.29, 0.717) is 43.1 Å². The van der Waals surface area contributed by atoms with Crippen molar-refractivity contribution in [2.24, 2.45) is 0 Å². The summed E-state index contributed by atoms with van der Waals surface area (Å²) < 4.78 is 20.8. The first-order valence-electron chi connectivity index (χ1n) is 10.4. The Bertz CT molecular complexity index is 934. The van der Waals surface area contributed by atoms with E-state index < -0.39 is 17.7 Å². The van der Waals surface area contributed by atoms with Gasteiger partial charge >= 0.3 is 11.9 Å². The smallest absolute Gasteiger partial charge is 0.379 e. The number of Topliss-reactive ketones (excluding diaryl/α,β-unsaturated/α-hetero) is 1. The molecule has 0 aliphatic rings. The number of aromatic hydroxyl groups is 1. The highest BCUT2D eigenvalue weighted by Gasteiger charge is 2.19. The molecular weight excluding hydrogens is 416 g/mol. The molecule has 2 rings (SSSR count). The van der Waals surface area contributed by atoms with Crippen molar-refractivity contribution < 1.29 is 38.4 Å². The number of ether oxygens (including phenoxy) is 4. The van der Waals surface area contributed by atoms with E-state index in [1.807, 2.05) is 6.92 Å². The normalized spacial score (nSPS) is 10.3. The molecule has 2 aromatic carbocycles. The second-order valence-corrected chi connectivity index (χ2v) is 6.80. The number of methoxy groups -OCH3 is 1. The van der Waals surface area contributed by atoms with Crippen molar-refractivity contribution >= 4 is 17.7 Å². The van der Waals surface area contributed by atoms with Crippen molar-refractivity contribution in [3.05, 3.63) is 53.1 Å². The number of rotatable bonds is 12. The summed E-state index contributed by atoms with van der Waals surface area (Å²) in [7, 11) is 1.26. The van der Waals surface area contributed by atoms with Crippen LogP contribution in [-0.2, 0) is 20.7 Å². The fourth-order valence-corrected chi connectivity index (χ4v) is 2.97. The Labute approximate surface area is 187 Å². The fraction of sp³-hybridized carbons (Fsp3) is 0.375. The molecule has 0 bridgehead atoms. The predicted molar refractivity (Wildman–Crippen MR) is 116 cm³/mol. The van der Waals surface area contributed by atoms with E-state index in [-0.39, 0.29) is 23.5 Å². The van der Waals surface area contributed by atoms with Crippen molar-refractivity contribution in [2.75, 3.05) is 26.9 Å². The number of carbonyl (C=O) groups excluding carboxylic acids is 3. The lowest BCUT2D eigenvalue weighted by Gasteiger charge is -2.15. The molecule has 0 aromatic heterocycles. The Morgan fingerprint density at radius 1 is 0.938 bits per heavy atom. The summed E-state index contributed by atoms with van der Waals surface area (Å²) in [6.45, 7) is 4.44. The van der Waals surface area contributed by atoms with Gasteiger partial charge in [-0.25, -0.2) is 9.59 Å². The first kappa shape index (κ1) is 24.7. The van der Waals surface area contributed by atoms with Crippen LogP contribution in [0.5, 0.6) is 17.2 Å². The minimum absolute atomic E-state index is 0.108. The first-order valence-corrected chi connectivity index (χ1v) is 10.4. The van der Waals surface area contributed by atoms with Crippen molar-refractivity contribution in [1.82, 2.24) is 0 Å². The monoisotopic (exact) mass is 444 g/mol. The number of esters is 2. The van der Waals surface area contributed by atoms with Gasteiger partial charge in [-0.3, -0.25) is 4.79 Å². The molecule has 0 fully saturated rings. The lowest BCUT2D eigenvalue weighted by atomic mass is 10.0. The third-order valence-corrected chi connectivity index (χ3v) is 4.54. The molecule has 1 N–H and O–H groups in total. The van der Waals surface area contributed by atoms with E-state index in [1.165, 1.54) is 25.3 Å². The van der Waals surface area contributed by atoms with Crippen LogP contribution in [0.1, 0.15) is 53.0 Å². The molecule has 0 saturated heterocycles. The molecule has 0 aliphatic heterocycles. The largest absolute Gasteiger partial charge is 0.507 e. The molecule has 172 valence electrons. The zero-order chi connectivity index (χ0) is 23.5. The fourth-order valence-electron chi connectivity index (χ4n) is 2.97. The standard InChI is InChI=1S/C24H28O8/c1-4-7-18-20(13-12-19(22(18)26)23(27)29-3)32-15-6-14-31-17-10-8-16(9-11-17)21(25)24(28)30-5-2/h8-13,26H,4-7,14-15H2,1-3H3. The number of ketones is 1. The van der Waals surface area contributed by atoms with Crippen LogP contribution in [-0.4, -0.2) is 49.8 Å². The van der Waals surface area contributed by atoms with Gasteiger partial charge < -0.3 is 24.1 Å². The van der Waals surface area contributed by atoms with Crippen LogP contribution in [0.25, 0.3) is 0 Å². The summed E-state index contributed by atoms with van der Waals surface area (Å²) in [6.07, 6.45) is 1.89. The van der Waals surface area contributed by atoms with Crippen molar-refractivity contribution in [2.45, 2.75) is 33.1 Å². The topological polar surface area (TPSA) is 108 Å². The zero-order valence-corrected chi connectivity index (χ0v) is 18.5. The van der Waals surface area contributed by atoms with Crippen molar-refractivity contribution in [3.8, 4) is 17.2 Å². The van der Waals surface area contributed by atoms with Gasteiger partial charge in [-0.15, -0.1) is 0 Å². The lowest BCUT2D eigenvalue weighted by Crippen LogP contribution is -2.17. The van der Waals surface area contributed by atoms with Crippen LogP contribution in [0.15, 0.2) is 36.4 Å². The molecule has 32 heavy (non-hydrogen) atoms. The quantitative estimate of drug-likeness (QED) is 0.228. The molecule has 8 heteroatoms. The maximum atomic E-state index is 11.9. The summed E-state index contributed by atoms with van der Waals surface area (Å²) in [5.74, 6) is -1.24. The van der Waals surface area contributed by atoms with Gasteiger partial charge in [0.25, 0.3) is 5.78 Å². The number of phenolic OH excluding ortho intramolecular Hbond substituents is 1. The summed E-state index contributed by atoms with van der Waals surface area (Å²) in [4.78, 5) is 35.1. The molecule has 0 aliphatic carbocycles. The van der Waals surface area contributed by atoms with Gasteiger partial charge in [0.05, 0.1) is 26.9 Å². The van der Waals surface area contributed by atoms with Crippen LogP contribution >= 0.6 is 0 Å². The molecule has 0 atom stereocenters. The van der Waals surface area contributed by atoms with Crippen LogP contribution < -0.4 is 9.47 Å². The average Bonchev–Trinajstić information content (AvgIpc) is 2.80. The van der Waals surface area contributed by atoms with E-state index in [9.17, 15) is 19.5 Å². The van der Waals surface area contributed by atoms with Crippen molar-refractivity contribution in [3.63, 3.8) is 0 Å². The second kappa shape index (κ2) is 12.3. The second-order valence-electron chi connectivity index (χ2n) is 6.80. The van der Waals surface area contributed by atoms with Crippen LogP contribution in [0, 0.1) is 0 Å². The Morgan fingerprint density at radius 3 is 2.25 bits per heavy atom. The Kier molecular flexibility index (Phi) is 9.53. The van der Waals surface area contributed by atoms with Gasteiger partial charge in [-0.2, -0.15) is 0 Å². The molecule has 0 amide bonds. The van der Waals surface area contributed by atoms with Crippen LogP contribution in [0.3, 0.4) is 0 Å². The number of hydrogen-bond acceptors (Lipinski definition) is 8. The Hall–Kier alpha value is -3.55. The molecular formula is C24H28O8. The van der Waals surface area contributed by atoms with Gasteiger partial charge in [0.2, 0.25) is 0 Å². The molecule has 0 spiro atoms. The summed E-state index contributed by atoms with van der Waals surface area (Å²) >= 11 is 0. The number of benzene rings is 2. The highest BCUT2D eigenvalue weighted by molar-refractivity contribution is 6.40. The number of hydrogen-bond donors (Lipinski definition) is 1. The molecule has 2 aromatic rings. The van der Waals surface area contributed by atoms with E-state index in [0.717, 1.165) is 6.42 Å². The SMILES string of the molecule is CCCc1c(OCCCOc2ccc(C(=O)C(=O)OCC)cc2)ccc(C(=O)OC)c1O. The summed E-state index contributed by atoms with van der Waals surface area (Å²) in [6, 6.07) is 9.36. The molecule has 8 nitrogen and oxygen atoms in total. The van der Waals surface area contributed by atoms with E-state index >= 15 is 0 Å². The first-order chi connectivity index (χ1) is 15.4. The van der Waals surface area contributed by atoms with Gasteiger partial charge in [0.15, 0.2) is 0 Å². The van der Waals surface area contributed by atoms with Gasteiger partial charge in [-0.1, -0.05) is 13.3 Å². The van der Waals surface area contributed by atoms with Crippen molar-refractivity contribution in [1.29, 1.82) is 0 Å². The van der Waals surface area contributed by atoms with Crippen LogP contribution in [0.2, 0.25) is 0 Å². The predicted octanol–water partition coefficient (Wildman–Crippen LogP) is 3.73. The van der Waals surface area contributed by atoms with Gasteiger partial charge in [0, 0.05) is 17.5 Å². The molecule has 0 heterocycles. The van der Waals surface area contributed by atoms with Crippen LogP contribution in [0.4, 0.5) is 0 Å². The zero-order valence-electron chi connectivity index (χ0n) is 18.5. The number of carbonyl (C=O) groups is 3. The maximum absolute atomic E-state index is 11.9. The summed E-state index contributed by atoms with van der Waals surface area (Å²) in [5.41, 5.74) is 0.910. The third-order valence-electron chi connectivity index (χ3n) is 4.54. The van der Waals surface area contributed by atoms with Gasteiger partial charge in [0.1, 0.15) is 22.8 Å². The minimum Gasteiger partial charge on any atom is -0.507 e. The van der Waals surface area contributed by atoms with E-state index in [4.69, 9.17) is 18.9 Å². The number of phenols is 1.